The second kappa shape index (κ2) is 5.22. The first-order chi connectivity index (χ1) is 10.2. The van der Waals surface area contributed by atoms with E-state index in [1.165, 1.54) is 5.56 Å². The molecular weight excluding hydrogens is 262 g/mol. The van der Waals surface area contributed by atoms with Crippen LogP contribution in [0.5, 0.6) is 5.75 Å². The Kier molecular flexibility index (Phi) is 3.39. The zero-order valence-corrected chi connectivity index (χ0v) is 12.6. The van der Waals surface area contributed by atoms with Crippen LogP contribution in [0.3, 0.4) is 0 Å². The van der Waals surface area contributed by atoms with Crippen molar-refractivity contribution >= 4 is 5.65 Å². The van der Waals surface area contributed by atoms with Crippen LogP contribution in [0.4, 0.5) is 0 Å². The topological polar surface area (TPSA) is 52.5 Å². The molecule has 0 saturated heterocycles. The van der Waals surface area contributed by atoms with E-state index < -0.39 is 0 Å². The molecule has 2 heterocycles. The van der Waals surface area contributed by atoms with Gasteiger partial charge in [-0.2, -0.15) is 0 Å². The highest BCUT2D eigenvalue weighted by atomic mass is 16.5. The normalized spacial score (nSPS) is 11.0. The molecule has 0 atom stereocenters. The molecule has 0 fully saturated rings. The average Bonchev–Trinajstić information content (AvgIpc) is 2.87. The second-order valence-corrected chi connectivity index (χ2v) is 5.20. The molecule has 1 aromatic carbocycles. The molecule has 0 spiro atoms. The summed E-state index contributed by atoms with van der Waals surface area (Å²) in [7, 11) is 1.68. The molecule has 3 aromatic rings. The maximum absolute atomic E-state index is 5.98. The first-order valence-corrected chi connectivity index (χ1v) is 6.97. The van der Waals surface area contributed by atoms with E-state index in [0.29, 0.717) is 6.54 Å². The second-order valence-electron chi connectivity index (χ2n) is 5.20. The van der Waals surface area contributed by atoms with Crippen LogP contribution in [0.15, 0.2) is 36.5 Å². The largest absolute Gasteiger partial charge is 0.496 e. The summed E-state index contributed by atoms with van der Waals surface area (Å²) in [5.41, 5.74) is 12.1. The van der Waals surface area contributed by atoms with Crippen LogP contribution in [0.1, 0.15) is 16.8 Å². The van der Waals surface area contributed by atoms with Crippen LogP contribution in [0.2, 0.25) is 0 Å². The summed E-state index contributed by atoms with van der Waals surface area (Å²) in [5.74, 6) is 0.816. The number of nitrogens with zero attached hydrogens (tertiary/aromatic N) is 2. The summed E-state index contributed by atoms with van der Waals surface area (Å²) < 4.78 is 7.55. The van der Waals surface area contributed by atoms with E-state index in [9.17, 15) is 0 Å². The molecule has 0 aliphatic heterocycles. The Labute approximate surface area is 124 Å². The highest BCUT2D eigenvalue weighted by molar-refractivity contribution is 5.73. The van der Waals surface area contributed by atoms with Crippen molar-refractivity contribution < 1.29 is 4.74 Å². The number of hydrogen-bond donors (Lipinski definition) is 1. The fourth-order valence-electron chi connectivity index (χ4n) is 2.67. The van der Waals surface area contributed by atoms with Gasteiger partial charge in [-0.3, -0.25) is 0 Å². The van der Waals surface area contributed by atoms with E-state index in [2.05, 4.69) is 30.4 Å². The van der Waals surface area contributed by atoms with Crippen molar-refractivity contribution in [2.45, 2.75) is 20.4 Å². The molecule has 0 amide bonds. The number of aryl methyl sites for hydroxylation is 2. The summed E-state index contributed by atoms with van der Waals surface area (Å²) in [4.78, 5) is 4.81. The molecule has 0 aliphatic rings. The predicted octanol–water partition coefficient (Wildman–Crippen LogP) is 3.09. The van der Waals surface area contributed by atoms with Crippen LogP contribution >= 0.6 is 0 Å². The van der Waals surface area contributed by atoms with Crippen molar-refractivity contribution in [2.75, 3.05) is 7.11 Å². The van der Waals surface area contributed by atoms with Gasteiger partial charge in [0.25, 0.3) is 0 Å². The average molecular weight is 281 g/mol. The molecule has 4 nitrogen and oxygen atoms in total. The fourth-order valence-corrected chi connectivity index (χ4v) is 2.67. The fraction of sp³-hybridized carbons (Fsp3) is 0.235. The molecule has 21 heavy (non-hydrogen) atoms. The van der Waals surface area contributed by atoms with Crippen LogP contribution in [0, 0.1) is 13.8 Å². The molecular formula is C17H19N3O. The van der Waals surface area contributed by atoms with E-state index in [-0.39, 0.29) is 0 Å². The van der Waals surface area contributed by atoms with E-state index in [1.807, 2.05) is 24.4 Å². The van der Waals surface area contributed by atoms with Gasteiger partial charge < -0.3 is 14.9 Å². The maximum Gasteiger partial charge on any atom is 0.140 e. The van der Waals surface area contributed by atoms with Gasteiger partial charge in [-0.25, -0.2) is 4.98 Å². The van der Waals surface area contributed by atoms with Gasteiger partial charge >= 0.3 is 0 Å². The minimum Gasteiger partial charge on any atom is -0.496 e. The Morgan fingerprint density at radius 2 is 2.05 bits per heavy atom. The number of ether oxygens (including phenoxy) is 1. The Morgan fingerprint density at radius 1 is 1.24 bits per heavy atom. The molecule has 4 heteroatoms. The quantitative estimate of drug-likeness (QED) is 0.802. The molecule has 2 N–H and O–H groups in total. The third-order valence-corrected chi connectivity index (χ3v) is 3.75. The van der Waals surface area contributed by atoms with Crippen molar-refractivity contribution in [3.8, 4) is 17.0 Å². The monoisotopic (exact) mass is 281 g/mol. The summed E-state index contributed by atoms with van der Waals surface area (Å²) in [6.07, 6.45) is 2.00. The molecule has 0 saturated carbocycles. The SMILES string of the molecule is COc1ccc(C)cc1-c1nc2c(C)cccn2c1CN. The Morgan fingerprint density at radius 3 is 2.76 bits per heavy atom. The predicted molar refractivity (Wildman–Crippen MR) is 84.5 cm³/mol. The minimum absolute atomic E-state index is 0.428. The number of aromatic nitrogens is 2. The summed E-state index contributed by atoms with van der Waals surface area (Å²) in [6.45, 7) is 4.54. The van der Waals surface area contributed by atoms with Crippen molar-refractivity contribution in [3.05, 3.63) is 53.3 Å². The zero-order valence-electron chi connectivity index (χ0n) is 12.6. The van der Waals surface area contributed by atoms with E-state index >= 15 is 0 Å². The minimum atomic E-state index is 0.428. The Balaban J connectivity index is 2.35. The number of fused-ring (bicyclic) bond motifs is 1. The van der Waals surface area contributed by atoms with Gasteiger partial charge in [0.1, 0.15) is 11.4 Å². The van der Waals surface area contributed by atoms with Gasteiger partial charge in [-0.1, -0.05) is 17.7 Å². The standard InChI is InChI=1S/C17H19N3O/c1-11-6-7-15(21-3)13(9-11)16-14(10-18)20-8-4-5-12(2)17(20)19-16/h4-9H,10,18H2,1-3H3. The van der Waals surface area contributed by atoms with Crippen molar-refractivity contribution in [1.29, 1.82) is 0 Å². The summed E-state index contributed by atoms with van der Waals surface area (Å²) in [6, 6.07) is 10.2. The highest BCUT2D eigenvalue weighted by Gasteiger charge is 2.17. The molecule has 0 bridgehead atoms. The lowest BCUT2D eigenvalue weighted by molar-refractivity contribution is 0.416. The third kappa shape index (κ3) is 2.17. The van der Waals surface area contributed by atoms with Gasteiger partial charge in [-0.05, 0) is 37.6 Å². The Bertz CT molecular complexity index is 805. The van der Waals surface area contributed by atoms with Gasteiger partial charge in [0.2, 0.25) is 0 Å². The number of rotatable bonds is 3. The molecule has 3 rings (SSSR count). The Hall–Kier alpha value is -2.33. The third-order valence-electron chi connectivity index (χ3n) is 3.75. The van der Waals surface area contributed by atoms with E-state index in [1.54, 1.807) is 7.11 Å². The number of hydrogen-bond acceptors (Lipinski definition) is 3. The first-order valence-electron chi connectivity index (χ1n) is 6.97. The molecule has 108 valence electrons. The molecule has 0 aliphatic carbocycles. The lowest BCUT2D eigenvalue weighted by Crippen LogP contribution is -2.03. The van der Waals surface area contributed by atoms with Gasteiger partial charge in [0.05, 0.1) is 18.5 Å². The number of methoxy groups -OCH3 is 1. The van der Waals surface area contributed by atoms with E-state index in [4.69, 9.17) is 15.5 Å². The number of nitrogens with two attached hydrogens (primary N) is 1. The van der Waals surface area contributed by atoms with Crippen LogP contribution < -0.4 is 10.5 Å². The number of imidazole rings is 1. The highest BCUT2D eigenvalue weighted by Crippen LogP contribution is 2.33. The first kappa shape index (κ1) is 13.6. The molecule has 0 unspecified atom stereocenters. The lowest BCUT2D eigenvalue weighted by Gasteiger charge is -2.09. The van der Waals surface area contributed by atoms with Gasteiger partial charge in [0, 0.05) is 18.3 Å². The summed E-state index contributed by atoms with van der Waals surface area (Å²) in [5, 5.41) is 0. The smallest absolute Gasteiger partial charge is 0.140 e. The lowest BCUT2D eigenvalue weighted by atomic mass is 10.1. The van der Waals surface area contributed by atoms with Gasteiger partial charge in [0.15, 0.2) is 0 Å². The van der Waals surface area contributed by atoms with Gasteiger partial charge in [-0.15, -0.1) is 0 Å². The van der Waals surface area contributed by atoms with Crippen LogP contribution in [-0.4, -0.2) is 16.5 Å². The number of pyridine rings is 1. The zero-order chi connectivity index (χ0) is 15.0. The van der Waals surface area contributed by atoms with Crippen molar-refractivity contribution in [2.24, 2.45) is 5.73 Å². The molecule has 2 aromatic heterocycles. The van der Waals surface area contributed by atoms with Crippen LogP contribution in [-0.2, 0) is 6.54 Å². The van der Waals surface area contributed by atoms with Crippen molar-refractivity contribution in [3.63, 3.8) is 0 Å². The maximum atomic E-state index is 5.98. The number of benzene rings is 1. The summed E-state index contributed by atoms with van der Waals surface area (Å²) >= 11 is 0. The molecule has 0 radical (unpaired) electrons. The van der Waals surface area contributed by atoms with Crippen molar-refractivity contribution in [1.82, 2.24) is 9.38 Å². The van der Waals surface area contributed by atoms with Crippen LogP contribution in [0.25, 0.3) is 16.9 Å². The van der Waals surface area contributed by atoms with E-state index in [0.717, 1.165) is 33.9 Å².